The number of hydrogen-bond donors (Lipinski definition) is 0. The lowest BCUT2D eigenvalue weighted by Gasteiger charge is -2.21. The van der Waals surface area contributed by atoms with E-state index in [1.807, 2.05) is 49.3 Å². The van der Waals surface area contributed by atoms with Crippen LogP contribution in [0.15, 0.2) is 50.8 Å². The number of benzene rings is 2. The third-order valence-corrected chi connectivity index (χ3v) is 4.95. The molecule has 158 valence electrons. The van der Waals surface area contributed by atoms with Crippen molar-refractivity contribution in [3.8, 4) is 5.75 Å². The highest BCUT2D eigenvalue weighted by Gasteiger charge is 2.14. The van der Waals surface area contributed by atoms with Crippen molar-refractivity contribution in [1.29, 1.82) is 0 Å². The molecule has 3 rings (SSSR count). The molecule has 0 spiro atoms. The quantitative estimate of drug-likeness (QED) is 0.500. The van der Waals surface area contributed by atoms with Gasteiger partial charge >= 0.3 is 0 Å². The largest absolute Gasteiger partial charge is 0.492 e. The first-order chi connectivity index (χ1) is 14.0. The highest BCUT2D eigenvalue weighted by molar-refractivity contribution is 9.10. The van der Waals surface area contributed by atoms with E-state index in [2.05, 4.69) is 46.8 Å². The number of halogens is 1. The first kappa shape index (κ1) is 22.0. The third-order valence-electron chi connectivity index (χ3n) is 4.46. The van der Waals surface area contributed by atoms with Gasteiger partial charge in [0, 0.05) is 35.9 Å². The van der Waals surface area contributed by atoms with Crippen LogP contribution in [-0.4, -0.2) is 36.6 Å². The second-order valence-electron chi connectivity index (χ2n) is 8.65. The number of fused-ring (bicyclic) bond motifs is 1. The molecule has 0 unspecified atom stereocenters. The molecular formula is C23H27BrN4O2. The number of nitrogens with zero attached hydrogens (tertiary/aromatic N) is 4. The summed E-state index contributed by atoms with van der Waals surface area (Å²) in [6.07, 6.45) is 1.65. The second kappa shape index (κ2) is 8.60. The Hall–Kier alpha value is -2.67. The molecule has 0 N–H and O–H groups in total. The number of anilines is 1. The van der Waals surface area contributed by atoms with Gasteiger partial charge in [0.1, 0.15) is 11.6 Å². The van der Waals surface area contributed by atoms with Gasteiger partial charge in [0.2, 0.25) is 0 Å². The highest BCUT2D eigenvalue weighted by atomic mass is 79.9. The van der Waals surface area contributed by atoms with Gasteiger partial charge in [0.15, 0.2) is 0 Å². The van der Waals surface area contributed by atoms with Crippen LogP contribution < -0.4 is 15.2 Å². The summed E-state index contributed by atoms with van der Waals surface area (Å²) in [5.41, 5.74) is 2.28. The zero-order chi connectivity index (χ0) is 22.1. The molecule has 0 aliphatic carbocycles. The summed E-state index contributed by atoms with van der Waals surface area (Å²) < 4.78 is 8.25. The summed E-state index contributed by atoms with van der Waals surface area (Å²) in [6, 6.07) is 11.4. The Balaban J connectivity index is 2.04. The van der Waals surface area contributed by atoms with Crippen LogP contribution >= 0.6 is 15.9 Å². The van der Waals surface area contributed by atoms with Crippen LogP contribution in [0.5, 0.6) is 5.75 Å². The minimum atomic E-state index is -0.211. The Kier molecular flexibility index (Phi) is 6.31. The van der Waals surface area contributed by atoms with E-state index < -0.39 is 0 Å². The number of hydrogen-bond acceptors (Lipinski definition) is 5. The maximum Gasteiger partial charge on any atom is 0.282 e. The van der Waals surface area contributed by atoms with E-state index >= 15 is 0 Å². The highest BCUT2D eigenvalue weighted by Crippen LogP contribution is 2.26. The van der Waals surface area contributed by atoms with Crippen molar-refractivity contribution in [2.75, 3.05) is 25.6 Å². The second-order valence-corrected chi connectivity index (χ2v) is 9.56. The van der Waals surface area contributed by atoms with E-state index in [9.17, 15) is 4.79 Å². The van der Waals surface area contributed by atoms with Crippen molar-refractivity contribution < 1.29 is 4.74 Å². The number of aromatic nitrogens is 2. The molecule has 0 saturated heterocycles. The zero-order valence-corrected chi connectivity index (χ0v) is 19.8. The van der Waals surface area contributed by atoms with Crippen LogP contribution in [0, 0.1) is 12.3 Å². The van der Waals surface area contributed by atoms with Crippen molar-refractivity contribution in [1.82, 2.24) is 9.66 Å². The molecular weight excluding hydrogens is 444 g/mol. The Morgan fingerprint density at radius 3 is 2.60 bits per heavy atom. The van der Waals surface area contributed by atoms with Gasteiger partial charge in [-0.05, 0) is 42.7 Å². The normalized spacial score (nSPS) is 12.0. The van der Waals surface area contributed by atoms with Crippen molar-refractivity contribution in [2.45, 2.75) is 27.7 Å². The summed E-state index contributed by atoms with van der Waals surface area (Å²) in [5.74, 6) is 1.25. The molecule has 7 heteroatoms. The molecule has 0 radical (unpaired) electrons. The van der Waals surface area contributed by atoms with Gasteiger partial charge in [-0.1, -0.05) is 36.7 Å². The summed E-state index contributed by atoms with van der Waals surface area (Å²) in [6.45, 7) is 8.71. The van der Waals surface area contributed by atoms with E-state index in [1.165, 1.54) is 4.68 Å². The third kappa shape index (κ3) is 5.08. The van der Waals surface area contributed by atoms with Crippen molar-refractivity contribution >= 4 is 38.7 Å². The topological polar surface area (TPSA) is 59.7 Å². The van der Waals surface area contributed by atoms with Crippen LogP contribution in [0.4, 0.5) is 5.69 Å². The number of aryl methyl sites for hydroxylation is 1. The lowest BCUT2D eigenvalue weighted by Crippen LogP contribution is -2.21. The molecule has 30 heavy (non-hydrogen) atoms. The molecule has 0 saturated carbocycles. The van der Waals surface area contributed by atoms with Gasteiger partial charge in [-0.25, -0.2) is 4.98 Å². The smallest absolute Gasteiger partial charge is 0.282 e. The maximum absolute atomic E-state index is 13.0. The Labute approximate surface area is 185 Å². The lowest BCUT2D eigenvalue weighted by molar-refractivity contribution is 0.198. The van der Waals surface area contributed by atoms with Gasteiger partial charge < -0.3 is 9.64 Å². The molecule has 0 aliphatic heterocycles. The summed E-state index contributed by atoms with van der Waals surface area (Å²) in [5, 5.41) is 4.96. The monoisotopic (exact) mass is 470 g/mol. The molecule has 3 aromatic rings. The zero-order valence-electron chi connectivity index (χ0n) is 18.2. The van der Waals surface area contributed by atoms with E-state index in [4.69, 9.17) is 4.74 Å². The SMILES string of the molecule is Cc1nc2ccc(Br)cc2c(=O)n1N=Cc1ccc(N(C)C)cc1OCC(C)(C)C. The summed E-state index contributed by atoms with van der Waals surface area (Å²) in [7, 11) is 3.97. The number of rotatable bonds is 5. The van der Waals surface area contributed by atoms with Crippen LogP contribution in [-0.2, 0) is 0 Å². The molecule has 6 nitrogen and oxygen atoms in total. The average Bonchev–Trinajstić information content (AvgIpc) is 2.66. The average molecular weight is 471 g/mol. The molecule has 0 fully saturated rings. The van der Waals surface area contributed by atoms with Crippen LogP contribution in [0.2, 0.25) is 0 Å². The first-order valence-electron chi connectivity index (χ1n) is 9.72. The first-order valence-corrected chi connectivity index (χ1v) is 10.5. The Bertz CT molecular complexity index is 1160. The molecule has 0 atom stereocenters. The van der Waals surface area contributed by atoms with Gasteiger partial charge in [0.25, 0.3) is 5.56 Å². The predicted octanol–water partition coefficient (Wildman–Crippen LogP) is 4.84. The molecule has 0 bridgehead atoms. The van der Waals surface area contributed by atoms with Gasteiger partial charge in [-0.3, -0.25) is 4.79 Å². The van der Waals surface area contributed by atoms with Crippen molar-refractivity contribution in [3.05, 3.63) is 62.6 Å². The minimum Gasteiger partial charge on any atom is -0.492 e. The van der Waals surface area contributed by atoms with Gasteiger partial charge in [-0.2, -0.15) is 9.78 Å². The molecule has 0 aliphatic rings. The number of ether oxygens (including phenoxy) is 1. The molecule has 2 aromatic carbocycles. The fourth-order valence-electron chi connectivity index (χ4n) is 2.84. The Morgan fingerprint density at radius 2 is 1.93 bits per heavy atom. The maximum atomic E-state index is 13.0. The van der Waals surface area contributed by atoms with Crippen LogP contribution in [0.25, 0.3) is 10.9 Å². The van der Waals surface area contributed by atoms with E-state index in [0.29, 0.717) is 23.3 Å². The van der Waals surface area contributed by atoms with Gasteiger partial charge in [0.05, 0.1) is 23.7 Å². The molecule has 1 aromatic heterocycles. The molecule has 1 heterocycles. The van der Waals surface area contributed by atoms with E-state index in [1.54, 1.807) is 19.2 Å². The van der Waals surface area contributed by atoms with E-state index in [-0.39, 0.29) is 11.0 Å². The van der Waals surface area contributed by atoms with Crippen LogP contribution in [0.3, 0.4) is 0 Å². The molecule has 0 amide bonds. The van der Waals surface area contributed by atoms with Gasteiger partial charge in [-0.15, -0.1) is 0 Å². The van der Waals surface area contributed by atoms with Crippen LogP contribution in [0.1, 0.15) is 32.2 Å². The minimum absolute atomic E-state index is 0.0196. The standard InChI is InChI=1S/C23H27BrN4O2/c1-15-26-20-10-8-17(24)11-19(20)22(29)28(15)25-13-16-7-9-18(27(5)6)12-21(16)30-14-23(2,3)4/h7-13H,14H2,1-6H3. The lowest BCUT2D eigenvalue weighted by atomic mass is 9.98. The van der Waals surface area contributed by atoms with E-state index in [0.717, 1.165) is 21.5 Å². The van der Waals surface area contributed by atoms with Crippen molar-refractivity contribution in [3.63, 3.8) is 0 Å². The summed E-state index contributed by atoms with van der Waals surface area (Å²) >= 11 is 3.41. The summed E-state index contributed by atoms with van der Waals surface area (Å²) in [4.78, 5) is 19.5. The van der Waals surface area contributed by atoms with Crippen molar-refractivity contribution in [2.24, 2.45) is 10.5 Å². The Morgan fingerprint density at radius 1 is 1.20 bits per heavy atom. The fraction of sp³-hybridized carbons (Fsp3) is 0.348. The fourth-order valence-corrected chi connectivity index (χ4v) is 3.20. The predicted molar refractivity (Wildman–Crippen MR) is 127 cm³/mol.